The third kappa shape index (κ3) is 3.82. The van der Waals surface area contributed by atoms with Gasteiger partial charge in [0, 0.05) is 19.2 Å². The molecule has 2 aliphatic rings. The monoisotopic (exact) mass is 432 g/mol. The average molecular weight is 432 g/mol. The highest BCUT2D eigenvalue weighted by Crippen LogP contribution is 2.33. The number of nitrogens with zero attached hydrogens (tertiary/aromatic N) is 1. The van der Waals surface area contributed by atoms with Crippen LogP contribution in [0.1, 0.15) is 24.0 Å². The van der Waals surface area contributed by atoms with Crippen LogP contribution in [0.15, 0.2) is 41.3 Å². The van der Waals surface area contributed by atoms with Gasteiger partial charge >= 0.3 is 0 Å². The normalized spacial score (nSPS) is 18.4. The van der Waals surface area contributed by atoms with Gasteiger partial charge in [0.05, 0.1) is 12.0 Å². The van der Waals surface area contributed by atoms with Crippen molar-refractivity contribution >= 4 is 15.9 Å². The van der Waals surface area contributed by atoms with E-state index in [9.17, 15) is 13.2 Å². The summed E-state index contributed by atoms with van der Waals surface area (Å²) in [6.45, 7) is 2.50. The van der Waals surface area contributed by atoms with Gasteiger partial charge in [0.15, 0.2) is 11.5 Å². The number of carbonyl (C=O) groups excluding carboxylic acids is 1. The maximum atomic E-state index is 13.3. The molecule has 1 N–H and O–H groups in total. The van der Waals surface area contributed by atoms with E-state index in [0.717, 1.165) is 5.56 Å². The van der Waals surface area contributed by atoms with Crippen molar-refractivity contribution < 1.29 is 27.4 Å². The van der Waals surface area contributed by atoms with Gasteiger partial charge in [-0.3, -0.25) is 4.79 Å². The Hall–Kier alpha value is -2.78. The van der Waals surface area contributed by atoms with Crippen molar-refractivity contribution in [1.29, 1.82) is 0 Å². The number of fused-ring (bicyclic) bond motifs is 1. The Balaban J connectivity index is 1.49. The van der Waals surface area contributed by atoms with Crippen LogP contribution in [0.2, 0.25) is 0 Å². The Morgan fingerprint density at radius 3 is 2.80 bits per heavy atom. The summed E-state index contributed by atoms with van der Waals surface area (Å²) in [5.41, 5.74) is 1.46. The quantitative estimate of drug-likeness (QED) is 0.752. The number of methoxy groups -OCH3 is 1. The average Bonchev–Trinajstić information content (AvgIpc) is 3.41. The lowest BCUT2D eigenvalue weighted by Gasteiger charge is -2.24. The smallest absolute Gasteiger partial charge is 0.244 e. The number of carbonyl (C=O) groups is 1. The molecule has 160 valence electrons. The van der Waals surface area contributed by atoms with E-state index >= 15 is 0 Å². The first-order valence-corrected chi connectivity index (χ1v) is 11.2. The predicted octanol–water partition coefficient (Wildman–Crippen LogP) is 2.20. The van der Waals surface area contributed by atoms with Crippen molar-refractivity contribution in [2.45, 2.75) is 37.2 Å². The second kappa shape index (κ2) is 8.16. The molecule has 8 nitrogen and oxygen atoms in total. The van der Waals surface area contributed by atoms with Gasteiger partial charge in [-0.05, 0) is 49.1 Å². The van der Waals surface area contributed by atoms with Crippen LogP contribution in [-0.2, 0) is 21.4 Å². The highest BCUT2D eigenvalue weighted by molar-refractivity contribution is 7.89. The molecule has 0 saturated carbocycles. The molecule has 2 aliphatic heterocycles. The molecule has 1 atom stereocenters. The van der Waals surface area contributed by atoms with Gasteiger partial charge in [0.1, 0.15) is 11.8 Å². The molecule has 2 heterocycles. The van der Waals surface area contributed by atoms with Crippen molar-refractivity contribution in [3.8, 4) is 17.2 Å². The predicted molar refractivity (Wildman–Crippen MR) is 109 cm³/mol. The third-order valence-electron chi connectivity index (χ3n) is 5.39. The summed E-state index contributed by atoms with van der Waals surface area (Å²) in [7, 11) is -2.34. The molecule has 1 amide bonds. The number of nitrogens with one attached hydrogen (secondary N) is 1. The Morgan fingerprint density at radius 2 is 2.00 bits per heavy atom. The minimum absolute atomic E-state index is 0.164. The number of hydrogen-bond donors (Lipinski definition) is 1. The van der Waals surface area contributed by atoms with Crippen LogP contribution in [0, 0.1) is 6.92 Å². The molecule has 2 aromatic carbocycles. The van der Waals surface area contributed by atoms with E-state index < -0.39 is 16.1 Å². The van der Waals surface area contributed by atoms with E-state index in [1.165, 1.54) is 17.5 Å². The van der Waals surface area contributed by atoms with Gasteiger partial charge in [-0.25, -0.2) is 8.42 Å². The standard InChI is InChI=1S/C21H24N2O6S/c1-14-5-7-16(27-2)11-20(14)30(25,26)23-9-3-4-17(23)21(24)22-12-15-6-8-18-19(10-15)29-13-28-18/h5-8,10-11,17H,3-4,9,12-13H2,1-2H3,(H,22,24)/t17-/m0/s1. The first-order valence-electron chi connectivity index (χ1n) is 9.73. The third-order valence-corrected chi connectivity index (χ3v) is 7.44. The SMILES string of the molecule is COc1ccc(C)c(S(=O)(=O)N2CCC[C@H]2C(=O)NCc2ccc3c(c2)OCO3)c1. The van der Waals surface area contributed by atoms with Gasteiger partial charge in [0.2, 0.25) is 22.7 Å². The van der Waals surface area contributed by atoms with E-state index in [1.54, 1.807) is 25.1 Å². The summed E-state index contributed by atoms with van der Waals surface area (Å²) in [5, 5.41) is 2.86. The highest BCUT2D eigenvalue weighted by atomic mass is 32.2. The Kier molecular flexibility index (Phi) is 5.57. The second-order valence-electron chi connectivity index (χ2n) is 7.31. The molecule has 0 aromatic heterocycles. The number of ether oxygens (including phenoxy) is 3. The molecular formula is C21H24N2O6S. The Morgan fingerprint density at radius 1 is 1.20 bits per heavy atom. The zero-order chi connectivity index (χ0) is 21.3. The van der Waals surface area contributed by atoms with Gasteiger partial charge in [0.25, 0.3) is 0 Å². The molecule has 30 heavy (non-hydrogen) atoms. The fourth-order valence-corrected chi connectivity index (χ4v) is 5.66. The first kappa shape index (κ1) is 20.5. The lowest BCUT2D eigenvalue weighted by Crippen LogP contribution is -2.45. The lowest BCUT2D eigenvalue weighted by molar-refractivity contribution is -0.124. The number of rotatable bonds is 6. The summed E-state index contributed by atoms with van der Waals surface area (Å²) in [5.74, 6) is 1.46. The zero-order valence-corrected chi connectivity index (χ0v) is 17.7. The van der Waals surface area contributed by atoms with Crippen LogP contribution in [-0.4, -0.2) is 45.1 Å². The fraction of sp³-hybridized carbons (Fsp3) is 0.381. The largest absolute Gasteiger partial charge is 0.497 e. The fourth-order valence-electron chi connectivity index (χ4n) is 3.76. The van der Waals surface area contributed by atoms with E-state index in [4.69, 9.17) is 14.2 Å². The van der Waals surface area contributed by atoms with Gasteiger partial charge < -0.3 is 19.5 Å². The summed E-state index contributed by atoms with van der Waals surface area (Å²) >= 11 is 0. The summed E-state index contributed by atoms with van der Waals surface area (Å²) in [6, 6.07) is 9.63. The van der Waals surface area contributed by atoms with E-state index in [1.807, 2.05) is 12.1 Å². The molecule has 2 aromatic rings. The van der Waals surface area contributed by atoms with Crippen molar-refractivity contribution in [3.05, 3.63) is 47.5 Å². The van der Waals surface area contributed by atoms with Crippen molar-refractivity contribution in [2.24, 2.45) is 0 Å². The molecular weight excluding hydrogens is 408 g/mol. The highest BCUT2D eigenvalue weighted by Gasteiger charge is 2.40. The molecule has 0 spiro atoms. The lowest BCUT2D eigenvalue weighted by atomic mass is 10.2. The summed E-state index contributed by atoms with van der Waals surface area (Å²) in [6.07, 6.45) is 1.11. The van der Waals surface area contributed by atoms with Crippen LogP contribution in [0.4, 0.5) is 0 Å². The molecule has 9 heteroatoms. The maximum absolute atomic E-state index is 13.3. The van der Waals surface area contributed by atoms with Gasteiger partial charge in [-0.2, -0.15) is 4.31 Å². The van der Waals surface area contributed by atoms with Crippen LogP contribution in [0.5, 0.6) is 17.2 Å². The number of benzene rings is 2. The molecule has 1 saturated heterocycles. The van der Waals surface area contributed by atoms with Crippen LogP contribution in [0.3, 0.4) is 0 Å². The minimum Gasteiger partial charge on any atom is -0.497 e. The zero-order valence-electron chi connectivity index (χ0n) is 16.9. The van der Waals surface area contributed by atoms with Crippen molar-refractivity contribution in [2.75, 3.05) is 20.4 Å². The van der Waals surface area contributed by atoms with E-state index in [-0.39, 0.29) is 24.1 Å². The van der Waals surface area contributed by atoms with Crippen molar-refractivity contribution in [3.63, 3.8) is 0 Å². The molecule has 1 fully saturated rings. The number of amides is 1. The topological polar surface area (TPSA) is 94.2 Å². The second-order valence-corrected chi connectivity index (χ2v) is 9.17. The van der Waals surface area contributed by atoms with Crippen LogP contribution in [0.25, 0.3) is 0 Å². The molecule has 0 bridgehead atoms. The van der Waals surface area contributed by atoms with Crippen LogP contribution < -0.4 is 19.5 Å². The van der Waals surface area contributed by atoms with Crippen LogP contribution >= 0.6 is 0 Å². The molecule has 0 unspecified atom stereocenters. The minimum atomic E-state index is -3.83. The van der Waals surface area contributed by atoms with Gasteiger partial charge in [-0.1, -0.05) is 12.1 Å². The summed E-state index contributed by atoms with van der Waals surface area (Å²) in [4.78, 5) is 13.0. The summed E-state index contributed by atoms with van der Waals surface area (Å²) < 4.78 is 43.7. The molecule has 0 radical (unpaired) electrons. The first-order chi connectivity index (χ1) is 14.4. The number of sulfonamides is 1. The Labute approximate surface area is 175 Å². The molecule has 0 aliphatic carbocycles. The Bertz CT molecular complexity index is 1070. The van der Waals surface area contributed by atoms with Crippen molar-refractivity contribution in [1.82, 2.24) is 9.62 Å². The molecule has 4 rings (SSSR count). The van der Waals surface area contributed by atoms with E-state index in [0.29, 0.717) is 42.2 Å². The maximum Gasteiger partial charge on any atom is 0.244 e. The number of hydrogen-bond acceptors (Lipinski definition) is 6. The van der Waals surface area contributed by atoms with Gasteiger partial charge in [-0.15, -0.1) is 0 Å². The van der Waals surface area contributed by atoms with E-state index in [2.05, 4.69) is 5.32 Å². The number of aryl methyl sites for hydroxylation is 1.